The van der Waals surface area contributed by atoms with Gasteiger partial charge < -0.3 is 10.2 Å². The van der Waals surface area contributed by atoms with Crippen LogP contribution >= 0.6 is 0 Å². The number of piperidine rings is 1. The number of aromatic nitrogens is 2. The molecule has 1 unspecified atom stereocenters. The summed E-state index contributed by atoms with van der Waals surface area (Å²) >= 11 is 0. The standard InChI is InChI=1S/C19H23N5O/c25-19(21-18-11-10-17(22-23-18)14-8-9-14)24-12-4-7-16(13-24)20-15-5-2-1-3-6-15/h1-3,5-6,10-11,14,16,20H,4,7-9,12-13H2,(H,21,23,25). The number of carbonyl (C=O) groups excluding carboxylic acids is 1. The Hall–Kier alpha value is -2.63. The van der Waals surface area contributed by atoms with Crippen molar-refractivity contribution in [3.8, 4) is 0 Å². The Morgan fingerprint density at radius 3 is 2.60 bits per heavy atom. The van der Waals surface area contributed by atoms with Crippen LogP contribution in [0.5, 0.6) is 0 Å². The van der Waals surface area contributed by atoms with E-state index in [1.807, 2.05) is 35.2 Å². The lowest BCUT2D eigenvalue weighted by Crippen LogP contribution is -2.46. The number of nitrogens with one attached hydrogen (secondary N) is 2. The van der Waals surface area contributed by atoms with Gasteiger partial charge in [-0.2, -0.15) is 5.10 Å². The molecule has 1 aromatic heterocycles. The van der Waals surface area contributed by atoms with E-state index in [0.717, 1.165) is 30.8 Å². The van der Waals surface area contributed by atoms with E-state index in [0.29, 0.717) is 18.3 Å². The molecule has 1 saturated heterocycles. The van der Waals surface area contributed by atoms with E-state index in [1.54, 1.807) is 0 Å². The molecule has 6 nitrogen and oxygen atoms in total. The van der Waals surface area contributed by atoms with E-state index in [1.165, 1.54) is 12.8 Å². The molecule has 4 rings (SSSR count). The lowest BCUT2D eigenvalue weighted by atomic mass is 10.1. The molecule has 2 N–H and O–H groups in total. The average molecular weight is 337 g/mol. The third kappa shape index (κ3) is 4.07. The second kappa shape index (κ2) is 7.09. The van der Waals surface area contributed by atoms with Gasteiger partial charge in [-0.05, 0) is 49.9 Å². The predicted octanol–water partition coefficient (Wildman–Crippen LogP) is 3.46. The minimum atomic E-state index is -0.104. The van der Waals surface area contributed by atoms with E-state index >= 15 is 0 Å². The van der Waals surface area contributed by atoms with Gasteiger partial charge in [0.05, 0.1) is 5.69 Å². The Morgan fingerprint density at radius 1 is 1.04 bits per heavy atom. The Bertz CT molecular complexity index is 714. The van der Waals surface area contributed by atoms with Crippen molar-refractivity contribution >= 4 is 17.5 Å². The highest BCUT2D eigenvalue weighted by atomic mass is 16.2. The molecule has 0 radical (unpaired) electrons. The topological polar surface area (TPSA) is 70.2 Å². The first-order valence-corrected chi connectivity index (χ1v) is 8.99. The zero-order chi connectivity index (χ0) is 17.1. The van der Waals surface area contributed by atoms with Gasteiger partial charge in [0.2, 0.25) is 0 Å². The molecule has 0 bridgehead atoms. The Balaban J connectivity index is 1.33. The Morgan fingerprint density at radius 2 is 1.88 bits per heavy atom. The maximum Gasteiger partial charge on any atom is 0.323 e. The van der Waals surface area contributed by atoms with Gasteiger partial charge in [0.1, 0.15) is 0 Å². The van der Waals surface area contributed by atoms with Crippen molar-refractivity contribution in [2.24, 2.45) is 0 Å². The van der Waals surface area contributed by atoms with Crippen LogP contribution in [0, 0.1) is 0 Å². The van der Waals surface area contributed by atoms with E-state index < -0.39 is 0 Å². The Labute approximate surface area is 147 Å². The second-order valence-electron chi connectivity index (χ2n) is 6.84. The van der Waals surface area contributed by atoms with E-state index in [2.05, 4.69) is 33.0 Å². The van der Waals surface area contributed by atoms with Crippen LogP contribution in [0.25, 0.3) is 0 Å². The number of hydrogen-bond acceptors (Lipinski definition) is 4. The van der Waals surface area contributed by atoms with Crippen LogP contribution in [0.4, 0.5) is 16.3 Å². The van der Waals surface area contributed by atoms with Crippen LogP contribution in [0.2, 0.25) is 0 Å². The quantitative estimate of drug-likeness (QED) is 0.896. The zero-order valence-electron chi connectivity index (χ0n) is 14.2. The van der Waals surface area contributed by atoms with Crippen molar-refractivity contribution < 1.29 is 4.79 Å². The van der Waals surface area contributed by atoms with Gasteiger partial charge in [-0.3, -0.25) is 5.32 Å². The summed E-state index contributed by atoms with van der Waals surface area (Å²) in [5.74, 6) is 1.09. The molecule has 1 atom stereocenters. The van der Waals surface area contributed by atoms with Gasteiger partial charge in [0.15, 0.2) is 5.82 Å². The molecule has 1 saturated carbocycles. The summed E-state index contributed by atoms with van der Waals surface area (Å²) in [6, 6.07) is 14.1. The molecule has 2 amide bonds. The maximum absolute atomic E-state index is 12.5. The first-order valence-electron chi connectivity index (χ1n) is 8.99. The number of hydrogen-bond donors (Lipinski definition) is 2. The predicted molar refractivity (Wildman–Crippen MR) is 97.7 cm³/mol. The molecular formula is C19H23N5O. The summed E-state index contributed by atoms with van der Waals surface area (Å²) in [7, 11) is 0. The highest BCUT2D eigenvalue weighted by molar-refractivity contribution is 5.88. The lowest BCUT2D eigenvalue weighted by molar-refractivity contribution is 0.196. The maximum atomic E-state index is 12.5. The smallest absolute Gasteiger partial charge is 0.323 e. The number of nitrogens with zero attached hydrogens (tertiary/aromatic N) is 3. The molecule has 2 heterocycles. The summed E-state index contributed by atoms with van der Waals surface area (Å²) in [6.45, 7) is 1.46. The Kier molecular flexibility index (Phi) is 4.50. The van der Waals surface area contributed by atoms with Crippen molar-refractivity contribution in [2.45, 2.75) is 37.6 Å². The van der Waals surface area contributed by atoms with Crippen molar-refractivity contribution in [3.63, 3.8) is 0 Å². The zero-order valence-corrected chi connectivity index (χ0v) is 14.2. The normalized spacial score (nSPS) is 20.2. The molecular weight excluding hydrogens is 314 g/mol. The van der Waals surface area contributed by atoms with Gasteiger partial charge in [-0.15, -0.1) is 5.10 Å². The summed E-state index contributed by atoms with van der Waals surface area (Å²) < 4.78 is 0. The minimum Gasteiger partial charge on any atom is -0.381 e. The monoisotopic (exact) mass is 337 g/mol. The number of amides is 2. The molecule has 1 aromatic carbocycles. The number of rotatable bonds is 4. The number of carbonyl (C=O) groups is 1. The minimum absolute atomic E-state index is 0.104. The molecule has 25 heavy (non-hydrogen) atoms. The number of anilines is 2. The van der Waals surface area contributed by atoms with Gasteiger partial charge >= 0.3 is 6.03 Å². The van der Waals surface area contributed by atoms with Crippen molar-refractivity contribution in [1.82, 2.24) is 15.1 Å². The molecule has 130 valence electrons. The molecule has 2 aromatic rings. The van der Waals surface area contributed by atoms with Gasteiger partial charge in [0, 0.05) is 30.7 Å². The molecule has 6 heteroatoms. The summed E-state index contributed by atoms with van der Waals surface area (Å²) in [5.41, 5.74) is 2.12. The van der Waals surface area contributed by atoms with Gasteiger partial charge in [-0.1, -0.05) is 18.2 Å². The molecule has 2 aliphatic rings. The first-order chi connectivity index (χ1) is 12.3. The van der Waals surface area contributed by atoms with Crippen LogP contribution in [0.1, 0.15) is 37.3 Å². The SMILES string of the molecule is O=C(Nc1ccc(C2CC2)nn1)N1CCCC(Nc2ccccc2)C1. The van der Waals surface area contributed by atoms with Crippen LogP contribution in [-0.2, 0) is 0 Å². The fraction of sp³-hybridized carbons (Fsp3) is 0.421. The van der Waals surface area contributed by atoms with Gasteiger partial charge in [-0.25, -0.2) is 4.79 Å². The third-order valence-corrected chi connectivity index (χ3v) is 4.77. The van der Waals surface area contributed by atoms with Crippen LogP contribution in [0.15, 0.2) is 42.5 Å². The van der Waals surface area contributed by atoms with Crippen molar-refractivity contribution in [3.05, 3.63) is 48.2 Å². The fourth-order valence-corrected chi connectivity index (χ4v) is 3.24. The van der Waals surface area contributed by atoms with Gasteiger partial charge in [0.25, 0.3) is 0 Å². The van der Waals surface area contributed by atoms with Crippen LogP contribution in [0.3, 0.4) is 0 Å². The fourth-order valence-electron chi connectivity index (χ4n) is 3.24. The third-order valence-electron chi connectivity index (χ3n) is 4.77. The first kappa shape index (κ1) is 15.9. The van der Waals surface area contributed by atoms with Crippen LogP contribution < -0.4 is 10.6 Å². The highest BCUT2D eigenvalue weighted by Gasteiger charge is 2.26. The lowest BCUT2D eigenvalue weighted by Gasteiger charge is -2.33. The molecule has 1 aliphatic heterocycles. The van der Waals surface area contributed by atoms with Crippen molar-refractivity contribution in [2.75, 3.05) is 23.7 Å². The van der Waals surface area contributed by atoms with E-state index in [-0.39, 0.29) is 12.1 Å². The van der Waals surface area contributed by atoms with E-state index in [9.17, 15) is 4.79 Å². The van der Waals surface area contributed by atoms with E-state index in [4.69, 9.17) is 0 Å². The number of benzene rings is 1. The number of para-hydroxylation sites is 1. The summed E-state index contributed by atoms with van der Waals surface area (Å²) in [6.07, 6.45) is 4.45. The number of likely N-dealkylation sites (tertiary alicyclic amines) is 1. The second-order valence-corrected chi connectivity index (χ2v) is 6.84. The summed E-state index contributed by atoms with van der Waals surface area (Å²) in [4.78, 5) is 14.4. The highest BCUT2D eigenvalue weighted by Crippen LogP contribution is 2.38. The summed E-state index contributed by atoms with van der Waals surface area (Å²) in [5, 5.41) is 14.7. The molecule has 0 spiro atoms. The molecule has 1 aliphatic carbocycles. The van der Waals surface area contributed by atoms with Crippen LogP contribution in [-0.4, -0.2) is 40.3 Å². The largest absolute Gasteiger partial charge is 0.381 e. The van der Waals surface area contributed by atoms with Crippen molar-refractivity contribution in [1.29, 1.82) is 0 Å². The average Bonchev–Trinajstić information content (AvgIpc) is 3.49. The number of urea groups is 1. The molecule has 2 fully saturated rings.